The molecule has 2 atom stereocenters. The minimum Gasteiger partial charge on any atom is -0.381 e. The van der Waals surface area contributed by atoms with E-state index in [-0.39, 0.29) is 0 Å². The first kappa shape index (κ1) is 17.1. The van der Waals surface area contributed by atoms with Gasteiger partial charge in [-0.1, -0.05) is 23.8 Å². The van der Waals surface area contributed by atoms with Crippen molar-refractivity contribution in [1.82, 2.24) is 5.32 Å². The van der Waals surface area contributed by atoms with E-state index in [1.165, 1.54) is 45.6 Å². The minimum absolute atomic E-state index is 0.605. The lowest BCUT2D eigenvalue weighted by Crippen LogP contribution is -2.44. The fraction of sp³-hybridized carbons (Fsp3) is 0.478. The van der Waals surface area contributed by atoms with Gasteiger partial charge in [0.1, 0.15) is 0 Å². The second-order valence-corrected chi connectivity index (χ2v) is 8.27. The van der Waals surface area contributed by atoms with Crippen molar-refractivity contribution in [2.24, 2.45) is 0 Å². The van der Waals surface area contributed by atoms with Crippen LogP contribution in [0.4, 0.5) is 11.4 Å². The van der Waals surface area contributed by atoms with E-state index in [1.54, 1.807) is 0 Å². The SMILES string of the molecule is Cc1ccc(CNc2cc3c4c(c2)[C@@H]2CNCC[C@@H]2N4CCOC3)c(C)c1. The Bertz CT molecular complexity index is 863. The average Bonchev–Trinajstić information content (AvgIpc) is 2.83. The first-order valence-corrected chi connectivity index (χ1v) is 10.2. The second-order valence-electron chi connectivity index (χ2n) is 8.27. The number of nitrogens with zero attached hydrogens (tertiary/aromatic N) is 1. The van der Waals surface area contributed by atoms with Gasteiger partial charge in [-0.3, -0.25) is 0 Å². The highest BCUT2D eigenvalue weighted by atomic mass is 16.5. The number of hydrogen-bond donors (Lipinski definition) is 2. The van der Waals surface area contributed by atoms with Gasteiger partial charge in [-0.25, -0.2) is 0 Å². The standard InChI is InChI=1S/C23H29N3O/c1-15-3-4-17(16(2)9-15)12-25-19-10-18-14-27-8-7-26-22-5-6-24-13-21(22)20(11-19)23(18)26/h3-4,9-11,21-22,24-25H,5-8,12-14H2,1-2H3/t21-,22-/m0/s1. The van der Waals surface area contributed by atoms with Crippen LogP contribution in [0.25, 0.3) is 0 Å². The van der Waals surface area contributed by atoms with Crippen molar-refractivity contribution in [1.29, 1.82) is 0 Å². The summed E-state index contributed by atoms with van der Waals surface area (Å²) in [5.74, 6) is 0.605. The van der Waals surface area contributed by atoms with Gasteiger partial charge in [0.05, 0.1) is 13.2 Å². The number of anilines is 2. The lowest BCUT2D eigenvalue weighted by Gasteiger charge is -2.33. The summed E-state index contributed by atoms with van der Waals surface area (Å²) in [6.45, 7) is 10.0. The Hall–Kier alpha value is -2.04. The minimum atomic E-state index is 0.605. The highest BCUT2D eigenvalue weighted by Crippen LogP contribution is 2.47. The number of nitrogens with one attached hydrogen (secondary N) is 2. The Balaban J connectivity index is 1.46. The van der Waals surface area contributed by atoms with Gasteiger partial charge >= 0.3 is 0 Å². The fourth-order valence-electron chi connectivity index (χ4n) is 5.13. The lowest BCUT2D eigenvalue weighted by molar-refractivity contribution is 0.130. The van der Waals surface area contributed by atoms with Crippen molar-refractivity contribution in [3.8, 4) is 0 Å². The van der Waals surface area contributed by atoms with Gasteiger partial charge in [0.15, 0.2) is 0 Å². The number of aryl methyl sites for hydroxylation is 2. The third-order valence-corrected chi connectivity index (χ3v) is 6.47. The van der Waals surface area contributed by atoms with E-state index in [9.17, 15) is 0 Å². The molecule has 5 rings (SSSR count). The van der Waals surface area contributed by atoms with Crippen molar-refractivity contribution in [3.63, 3.8) is 0 Å². The molecule has 2 N–H and O–H groups in total. The summed E-state index contributed by atoms with van der Waals surface area (Å²) in [7, 11) is 0. The molecule has 0 amide bonds. The van der Waals surface area contributed by atoms with Crippen molar-refractivity contribution in [2.45, 2.75) is 45.4 Å². The molecule has 0 saturated carbocycles. The first-order chi connectivity index (χ1) is 13.2. The van der Waals surface area contributed by atoms with E-state index in [2.05, 4.69) is 59.7 Å². The largest absolute Gasteiger partial charge is 0.381 e. The zero-order valence-electron chi connectivity index (χ0n) is 16.3. The van der Waals surface area contributed by atoms with Crippen LogP contribution >= 0.6 is 0 Å². The lowest BCUT2D eigenvalue weighted by atomic mass is 9.89. The summed E-state index contributed by atoms with van der Waals surface area (Å²) in [5.41, 5.74) is 9.59. The second kappa shape index (κ2) is 6.84. The molecule has 0 bridgehead atoms. The van der Waals surface area contributed by atoms with E-state index in [4.69, 9.17) is 4.74 Å². The number of piperidine rings is 1. The number of rotatable bonds is 3. The van der Waals surface area contributed by atoms with Gasteiger partial charge in [-0.2, -0.15) is 0 Å². The maximum Gasteiger partial charge on any atom is 0.0738 e. The van der Waals surface area contributed by atoms with Crippen molar-refractivity contribution in [3.05, 3.63) is 58.1 Å². The third kappa shape index (κ3) is 3.01. The van der Waals surface area contributed by atoms with Crippen LogP contribution in [0.2, 0.25) is 0 Å². The van der Waals surface area contributed by atoms with Crippen LogP contribution in [0.15, 0.2) is 30.3 Å². The molecular weight excluding hydrogens is 334 g/mol. The van der Waals surface area contributed by atoms with Crippen molar-refractivity contribution < 1.29 is 4.74 Å². The molecule has 142 valence electrons. The molecule has 4 nitrogen and oxygen atoms in total. The normalized spacial score (nSPS) is 23.6. The summed E-state index contributed by atoms with van der Waals surface area (Å²) in [6.07, 6.45) is 1.23. The van der Waals surface area contributed by atoms with Crippen LogP contribution < -0.4 is 15.5 Å². The van der Waals surface area contributed by atoms with Gasteiger partial charge in [-0.15, -0.1) is 0 Å². The molecule has 2 aromatic rings. The Morgan fingerprint density at radius 3 is 3.04 bits per heavy atom. The molecule has 3 aliphatic rings. The van der Waals surface area contributed by atoms with E-state index >= 15 is 0 Å². The third-order valence-electron chi connectivity index (χ3n) is 6.47. The number of fused-ring (bicyclic) bond motifs is 3. The molecule has 4 heteroatoms. The number of ether oxygens (including phenoxy) is 1. The summed E-state index contributed by atoms with van der Waals surface area (Å²) >= 11 is 0. The topological polar surface area (TPSA) is 36.5 Å². The highest BCUT2D eigenvalue weighted by Gasteiger charge is 2.41. The number of hydrogen-bond acceptors (Lipinski definition) is 4. The Morgan fingerprint density at radius 1 is 1.22 bits per heavy atom. The quantitative estimate of drug-likeness (QED) is 0.872. The molecule has 3 aliphatic heterocycles. The fourth-order valence-corrected chi connectivity index (χ4v) is 5.13. The van der Waals surface area contributed by atoms with Gasteiger partial charge in [0, 0.05) is 48.5 Å². The Morgan fingerprint density at radius 2 is 2.15 bits per heavy atom. The summed E-state index contributed by atoms with van der Waals surface area (Å²) in [5, 5.41) is 7.29. The van der Waals surface area contributed by atoms with Crippen LogP contribution in [-0.4, -0.2) is 32.3 Å². The molecule has 27 heavy (non-hydrogen) atoms. The Kier molecular flexibility index (Phi) is 4.33. The van der Waals surface area contributed by atoms with E-state index in [1.807, 2.05) is 0 Å². The maximum absolute atomic E-state index is 5.92. The van der Waals surface area contributed by atoms with Gasteiger partial charge in [-0.05, 0) is 55.6 Å². The van der Waals surface area contributed by atoms with Crippen molar-refractivity contribution in [2.75, 3.05) is 36.5 Å². The zero-order valence-corrected chi connectivity index (χ0v) is 16.3. The molecule has 0 aromatic heterocycles. The molecular formula is C23H29N3O. The van der Waals surface area contributed by atoms with Crippen molar-refractivity contribution >= 4 is 11.4 Å². The molecule has 0 aliphatic carbocycles. The highest BCUT2D eigenvalue weighted by molar-refractivity contribution is 5.72. The molecule has 0 spiro atoms. The van der Waals surface area contributed by atoms with Crippen LogP contribution in [0, 0.1) is 13.8 Å². The van der Waals surface area contributed by atoms with E-state index < -0.39 is 0 Å². The molecule has 1 fully saturated rings. The molecule has 0 unspecified atom stereocenters. The summed E-state index contributed by atoms with van der Waals surface area (Å²) in [6, 6.07) is 12.1. The predicted molar refractivity (Wildman–Crippen MR) is 111 cm³/mol. The molecule has 0 radical (unpaired) electrons. The van der Waals surface area contributed by atoms with Gasteiger partial charge in [0.2, 0.25) is 0 Å². The zero-order chi connectivity index (χ0) is 18.4. The average molecular weight is 364 g/mol. The van der Waals surface area contributed by atoms with Crippen LogP contribution in [0.3, 0.4) is 0 Å². The van der Waals surface area contributed by atoms with Crippen LogP contribution in [-0.2, 0) is 17.9 Å². The maximum atomic E-state index is 5.92. The first-order valence-electron chi connectivity index (χ1n) is 10.2. The van der Waals surface area contributed by atoms with E-state index in [0.717, 1.165) is 39.4 Å². The molecule has 1 saturated heterocycles. The molecule has 2 aromatic carbocycles. The van der Waals surface area contributed by atoms with Gasteiger partial charge < -0.3 is 20.3 Å². The summed E-state index contributed by atoms with van der Waals surface area (Å²) < 4.78 is 5.92. The Labute approximate surface area is 161 Å². The monoisotopic (exact) mass is 363 g/mol. The van der Waals surface area contributed by atoms with E-state index in [0.29, 0.717) is 12.0 Å². The molecule has 3 heterocycles. The smallest absolute Gasteiger partial charge is 0.0738 e. The predicted octanol–water partition coefficient (Wildman–Crippen LogP) is 3.71. The van der Waals surface area contributed by atoms with Crippen LogP contribution in [0.5, 0.6) is 0 Å². The number of benzene rings is 2. The summed E-state index contributed by atoms with van der Waals surface area (Å²) in [4.78, 5) is 2.64. The van der Waals surface area contributed by atoms with Gasteiger partial charge in [0.25, 0.3) is 0 Å². The van der Waals surface area contributed by atoms with Crippen LogP contribution in [0.1, 0.15) is 40.2 Å².